The van der Waals surface area contributed by atoms with Crippen molar-refractivity contribution < 1.29 is 55.3 Å². The zero-order valence-corrected chi connectivity index (χ0v) is 33.1. The second kappa shape index (κ2) is 13.5. The quantitative estimate of drug-likeness (QED) is 0.124. The van der Waals surface area contributed by atoms with Gasteiger partial charge in [0.15, 0.2) is 0 Å². The maximum Gasteiger partial charge on any atom is 1.00 e. The topological polar surface area (TPSA) is 377 Å². The number of quaternary nitrogens is 1. The third-order valence-electron chi connectivity index (χ3n) is 8.87. The Balaban J connectivity index is 0.00000256. The van der Waals surface area contributed by atoms with Gasteiger partial charge in [0.05, 0.1) is 42.9 Å². The fraction of sp³-hybridized carbons (Fsp3) is 0. The van der Waals surface area contributed by atoms with Gasteiger partial charge in [-0.2, -0.15) is 8.42 Å². The van der Waals surface area contributed by atoms with Gasteiger partial charge in [0.25, 0.3) is 10.1 Å². The van der Waals surface area contributed by atoms with E-state index >= 15 is 0 Å². The molecule has 7 aromatic rings. The number of hydrogen-bond acceptors (Lipinski definition) is 14. The van der Waals surface area contributed by atoms with Gasteiger partial charge in [-0.05, 0) is 70.1 Å². The fourth-order valence-electron chi connectivity index (χ4n) is 6.27. The number of sulfonamides is 3. The molecule has 11 N–H and O–H groups in total. The van der Waals surface area contributed by atoms with Crippen LogP contribution >= 0.6 is 0 Å². The minimum atomic E-state index is -4.72. The number of hydrogen-bond donors (Lipinski definition) is 5. The summed E-state index contributed by atoms with van der Waals surface area (Å²) in [5.41, 5.74) is 0.398. The van der Waals surface area contributed by atoms with Crippen molar-refractivity contribution in [1.82, 2.24) is 46.0 Å². The summed E-state index contributed by atoms with van der Waals surface area (Å²) >= 11 is 0. The van der Waals surface area contributed by atoms with E-state index in [1.807, 2.05) is 0 Å². The number of primary sulfonamides is 3. The average Bonchev–Trinajstić information content (AvgIpc) is 3.84. The third-order valence-corrected chi connectivity index (χ3v) is 12.5. The summed E-state index contributed by atoms with van der Waals surface area (Å²) in [5.74, 6) is -0.360. The van der Waals surface area contributed by atoms with Crippen molar-refractivity contribution in [2.24, 2.45) is 15.4 Å². The van der Waals surface area contributed by atoms with Gasteiger partial charge in [0.2, 0.25) is 30.1 Å². The van der Waals surface area contributed by atoms with Crippen molar-refractivity contribution >= 4 is 84.3 Å². The second-order valence-corrected chi connectivity index (χ2v) is 18.5. The molecule has 0 unspecified atom stereocenters. The van der Waals surface area contributed by atoms with Crippen LogP contribution in [0.25, 0.3) is 89.7 Å². The van der Waals surface area contributed by atoms with E-state index in [4.69, 9.17) is 15.4 Å². The predicted molar refractivity (Wildman–Crippen MR) is 204 cm³/mol. The van der Waals surface area contributed by atoms with Crippen molar-refractivity contribution in [3.05, 3.63) is 72.8 Å². The van der Waals surface area contributed by atoms with E-state index in [1.54, 1.807) is 0 Å². The Bertz CT molecular complexity index is 3380. The molecule has 0 atom stereocenters. The van der Waals surface area contributed by atoms with E-state index in [1.165, 1.54) is 60.7 Å². The molecule has 4 aromatic carbocycles. The van der Waals surface area contributed by atoms with Crippen LogP contribution in [0, 0.1) is 0 Å². The molecule has 0 spiro atoms. The number of benzene rings is 4. The summed E-state index contributed by atoms with van der Waals surface area (Å²) in [5, 5.41) is 17.1. The minimum Gasteiger partial charge on any atom is -0.369 e. The largest absolute Gasteiger partial charge is 1.00 e. The van der Waals surface area contributed by atoms with E-state index in [9.17, 15) is 38.2 Å². The summed E-state index contributed by atoms with van der Waals surface area (Å²) in [6, 6.07) is 15.1. The molecule has 0 radical (unpaired) electrons. The molecule has 300 valence electrons. The van der Waals surface area contributed by atoms with Crippen molar-refractivity contribution in [2.45, 2.75) is 19.6 Å². The summed E-state index contributed by atoms with van der Waals surface area (Å²) in [6.45, 7) is 0. The first kappa shape index (κ1) is 40.6. The van der Waals surface area contributed by atoms with E-state index in [0.717, 1.165) is 12.1 Å². The zero-order chi connectivity index (χ0) is 39.7. The maximum absolute atomic E-state index is 12.4. The third kappa shape index (κ3) is 6.80. The van der Waals surface area contributed by atoms with E-state index in [-0.39, 0.29) is 128 Å². The fourth-order valence-corrected chi connectivity index (χ4v) is 8.40. The van der Waals surface area contributed by atoms with Crippen LogP contribution in [0.15, 0.2) is 92.4 Å². The zero-order valence-electron chi connectivity index (χ0n) is 28.9. The Morgan fingerprint density at radius 2 is 0.724 bits per heavy atom. The van der Waals surface area contributed by atoms with Gasteiger partial charge in [-0.1, -0.05) is 24.3 Å². The Hall–Kier alpha value is -5.64. The standard InChI is InChI=1S/C32H19N11O9S4.Cu.H3N/c33-53(44,45)13-1-5-17-21(9-13)29-36-25(17)38-30-23-11-15(55(35,48)49)3-7-19(23)27(40-30)42-32-24-12-16(56(50,51)52)4-8-20(24)28(43-32)41-31-22-10-14(54(34,46)47)2-6-18(22)26(37-29)39-31;;/h1-12H,(H7-2,33,34,35,36,37,38,39,40,41,42,43,44,45,46,47,48,49,50,51,52);;1H3/q-2;+1;/p+1. The van der Waals surface area contributed by atoms with Crippen LogP contribution < -0.4 is 31.5 Å². The Kier molecular flexibility index (Phi) is 9.41. The van der Waals surface area contributed by atoms with E-state index in [0.29, 0.717) is 0 Å². The van der Waals surface area contributed by atoms with E-state index in [2.05, 4.69) is 39.9 Å². The summed E-state index contributed by atoms with van der Waals surface area (Å²) in [6.07, 6.45) is 0. The first-order valence-electron chi connectivity index (χ1n) is 15.6. The number of rotatable bonds is 4. The van der Waals surface area contributed by atoms with Crippen LogP contribution in [-0.4, -0.2) is 68.1 Å². The minimum absolute atomic E-state index is 0. The predicted octanol–water partition coefficient (Wildman–Crippen LogP) is 1.69. The van der Waals surface area contributed by atoms with Gasteiger partial charge in [-0.15, -0.1) is 0 Å². The molecule has 58 heavy (non-hydrogen) atoms. The molecule has 0 saturated carbocycles. The molecule has 26 heteroatoms. The van der Waals surface area contributed by atoms with E-state index < -0.39 is 45.1 Å². The van der Waals surface area contributed by atoms with Crippen molar-refractivity contribution in [3.63, 3.8) is 0 Å². The molecule has 0 fully saturated rings. The maximum atomic E-state index is 12.4. The van der Waals surface area contributed by atoms with Crippen LogP contribution in [0.2, 0.25) is 0 Å². The van der Waals surface area contributed by atoms with Crippen LogP contribution in [0.3, 0.4) is 0 Å². The number of nitrogens with two attached hydrogens (primary N) is 3. The molecular formula is C32H23CuN12O9S4. The first-order valence-corrected chi connectivity index (χ1v) is 21.6. The summed E-state index contributed by atoms with van der Waals surface area (Å²) in [4.78, 5) is 35.4. The van der Waals surface area contributed by atoms with Crippen LogP contribution in [-0.2, 0) is 57.3 Å². The second-order valence-electron chi connectivity index (χ2n) is 12.4. The molecule has 3 aromatic heterocycles. The number of aromatic nitrogens is 8. The van der Waals surface area contributed by atoms with Gasteiger partial charge < -0.3 is 36.1 Å². The van der Waals surface area contributed by atoms with Crippen molar-refractivity contribution in [3.8, 4) is 45.6 Å². The van der Waals surface area contributed by atoms with Gasteiger partial charge in [0.1, 0.15) is 0 Å². The molecule has 21 nitrogen and oxygen atoms in total. The average molecular weight is 911 g/mol. The smallest absolute Gasteiger partial charge is 0.369 e. The molecule has 0 amide bonds. The first-order chi connectivity index (χ1) is 26.2. The van der Waals surface area contributed by atoms with Gasteiger partial charge in [-0.25, -0.2) is 50.6 Å². The Labute approximate surface area is 337 Å². The van der Waals surface area contributed by atoms with Gasteiger partial charge >= 0.3 is 17.1 Å². The summed E-state index contributed by atoms with van der Waals surface area (Å²) in [7, 11) is -17.4. The monoisotopic (exact) mass is 910 g/mol. The molecule has 0 saturated heterocycles. The molecule has 9 rings (SSSR count). The molecule has 2 aliphatic heterocycles. The number of nitrogens with zero attached hydrogens (tertiary/aromatic N) is 8. The summed E-state index contributed by atoms with van der Waals surface area (Å²) < 4.78 is 109. The Morgan fingerprint density at radius 3 is 1.10 bits per heavy atom. The van der Waals surface area contributed by atoms with Crippen molar-refractivity contribution in [1.29, 1.82) is 0 Å². The SMILES string of the molecule is NS(=O)(=O)c1ccc2c(c1)-c1nc-2nc2[n-]c(nc3nc(nc4[n-]c(n1)c1ccc(S(N)(=O)=O)cc41)-c1ccc(S(=O)(=O)O)cc1-3)c1ccc(S(N)(=O)=O)cc21.[Cu+].[NH4+]. The molecule has 5 heterocycles. The molecule has 0 aliphatic carbocycles. The van der Waals surface area contributed by atoms with Crippen LogP contribution in [0.4, 0.5) is 0 Å². The van der Waals surface area contributed by atoms with Crippen LogP contribution in [0.5, 0.6) is 0 Å². The number of fused-ring (bicyclic) bond motifs is 20. The van der Waals surface area contributed by atoms with Crippen molar-refractivity contribution in [2.75, 3.05) is 0 Å². The van der Waals surface area contributed by atoms with Gasteiger partial charge in [-0.3, -0.25) is 4.55 Å². The molecule has 8 bridgehead atoms. The normalized spacial score (nSPS) is 12.8. The Morgan fingerprint density at radius 1 is 0.414 bits per heavy atom. The molecule has 2 aliphatic rings. The molecular weight excluding hydrogens is 888 g/mol. The van der Waals surface area contributed by atoms with Crippen LogP contribution in [0.1, 0.15) is 0 Å². The van der Waals surface area contributed by atoms with Gasteiger partial charge in [0, 0.05) is 44.8 Å².